The average Bonchev–Trinajstić information content (AvgIpc) is 3.10. The minimum Gasteiger partial charge on any atom is -0.462 e. The Morgan fingerprint density at radius 2 is 1.92 bits per heavy atom. The Labute approximate surface area is 152 Å². The topological polar surface area (TPSA) is 66.2 Å². The summed E-state index contributed by atoms with van der Waals surface area (Å²) in [5.74, 6) is -0.345. The average molecular weight is 353 g/mol. The standard InChI is InChI=1S/C20H23N3O3/c1-3-23-19-17(14-21-23)16(20(24)26-12-8-7-11-25-2)13-18(22-19)15-9-5-4-6-10-15/h4-6,9-10,13-14H,3,7-8,11-12H2,1-2H3. The number of aromatic nitrogens is 3. The van der Waals surface area contributed by atoms with Crippen LogP contribution < -0.4 is 0 Å². The molecule has 1 aromatic carbocycles. The Hall–Kier alpha value is -2.73. The van der Waals surface area contributed by atoms with E-state index in [9.17, 15) is 4.79 Å². The van der Waals surface area contributed by atoms with Crippen LogP contribution in [0.15, 0.2) is 42.6 Å². The number of nitrogens with zero attached hydrogens (tertiary/aromatic N) is 3. The van der Waals surface area contributed by atoms with Crippen LogP contribution in [0.2, 0.25) is 0 Å². The molecule has 0 bridgehead atoms. The molecule has 0 aliphatic heterocycles. The summed E-state index contributed by atoms with van der Waals surface area (Å²) in [5.41, 5.74) is 2.88. The highest BCUT2D eigenvalue weighted by Crippen LogP contribution is 2.25. The van der Waals surface area contributed by atoms with Crippen LogP contribution in [0, 0.1) is 0 Å². The number of benzene rings is 1. The number of fused-ring (bicyclic) bond motifs is 1. The Bertz CT molecular complexity index is 875. The van der Waals surface area contributed by atoms with Gasteiger partial charge in [-0.25, -0.2) is 14.5 Å². The third kappa shape index (κ3) is 3.91. The van der Waals surface area contributed by atoms with Crippen molar-refractivity contribution in [2.24, 2.45) is 0 Å². The molecule has 0 aliphatic carbocycles. The zero-order chi connectivity index (χ0) is 18.4. The lowest BCUT2D eigenvalue weighted by molar-refractivity contribution is 0.0491. The first-order valence-electron chi connectivity index (χ1n) is 8.82. The van der Waals surface area contributed by atoms with Crippen LogP contribution in [0.3, 0.4) is 0 Å². The number of carbonyl (C=O) groups excluding carboxylic acids is 1. The molecule has 3 rings (SSSR count). The molecule has 0 amide bonds. The molecular formula is C20H23N3O3. The molecule has 26 heavy (non-hydrogen) atoms. The molecule has 6 heteroatoms. The summed E-state index contributed by atoms with van der Waals surface area (Å²) >= 11 is 0. The fraction of sp³-hybridized carbons (Fsp3) is 0.350. The highest BCUT2D eigenvalue weighted by Gasteiger charge is 2.18. The van der Waals surface area contributed by atoms with E-state index in [1.807, 2.05) is 37.3 Å². The first-order valence-corrected chi connectivity index (χ1v) is 8.82. The van der Waals surface area contributed by atoms with Crippen LogP contribution >= 0.6 is 0 Å². The normalized spacial score (nSPS) is 11.0. The van der Waals surface area contributed by atoms with Crippen molar-refractivity contribution in [1.82, 2.24) is 14.8 Å². The first-order chi connectivity index (χ1) is 12.7. The second-order valence-corrected chi connectivity index (χ2v) is 5.95. The van der Waals surface area contributed by atoms with Crippen LogP contribution in [0.4, 0.5) is 0 Å². The molecule has 6 nitrogen and oxygen atoms in total. The van der Waals surface area contributed by atoms with Gasteiger partial charge < -0.3 is 9.47 Å². The fourth-order valence-corrected chi connectivity index (χ4v) is 2.80. The monoisotopic (exact) mass is 353 g/mol. The summed E-state index contributed by atoms with van der Waals surface area (Å²) in [7, 11) is 1.66. The van der Waals surface area contributed by atoms with Crippen molar-refractivity contribution in [2.75, 3.05) is 20.3 Å². The Kier molecular flexibility index (Phi) is 5.96. The number of pyridine rings is 1. The summed E-state index contributed by atoms with van der Waals surface area (Å²) in [5, 5.41) is 5.06. The highest BCUT2D eigenvalue weighted by molar-refractivity contribution is 6.03. The van der Waals surface area contributed by atoms with Crippen molar-refractivity contribution >= 4 is 17.0 Å². The highest BCUT2D eigenvalue weighted by atomic mass is 16.5. The number of hydrogen-bond acceptors (Lipinski definition) is 5. The summed E-state index contributed by atoms with van der Waals surface area (Å²) < 4.78 is 12.3. The van der Waals surface area contributed by atoms with Crippen molar-refractivity contribution in [3.63, 3.8) is 0 Å². The van der Waals surface area contributed by atoms with Gasteiger partial charge >= 0.3 is 5.97 Å². The molecule has 0 spiro atoms. The van der Waals surface area contributed by atoms with Crippen molar-refractivity contribution in [2.45, 2.75) is 26.3 Å². The number of methoxy groups -OCH3 is 1. The van der Waals surface area contributed by atoms with Crippen molar-refractivity contribution in [3.8, 4) is 11.3 Å². The van der Waals surface area contributed by atoms with E-state index in [0.717, 1.165) is 24.1 Å². The lowest BCUT2D eigenvalue weighted by Crippen LogP contribution is -2.09. The molecule has 0 atom stereocenters. The van der Waals surface area contributed by atoms with Crippen molar-refractivity contribution in [3.05, 3.63) is 48.2 Å². The maximum atomic E-state index is 12.7. The van der Waals surface area contributed by atoms with E-state index in [2.05, 4.69) is 5.10 Å². The van der Waals surface area contributed by atoms with E-state index >= 15 is 0 Å². The molecule has 0 saturated carbocycles. The van der Waals surface area contributed by atoms with Gasteiger partial charge in [0.2, 0.25) is 0 Å². The number of hydrogen-bond donors (Lipinski definition) is 0. The number of ether oxygens (including phenoxy) is 2. The van der Waals surface area contributed by atoms with E-state index in [4.69, 9.17) is 14.5 Å². The van der Waals surface area contributed by atoms with Crippen LogP contribution in [-0.2, 0) is 16.0 Å². The van der Waals surface area contributed by atoms with Gasteiger partial charge in [0.1, 0.15) is 0 Å². The van der Waals surface area contributed by atoms with Gasteiger partial charge in [0, 0.05) is 25.8 Å². The second-order valence-electron chi connectivity index (χ2n) is 5.95. The number of rotatable bonds is 8. The maximum Gasteiger partial charge on any atom is 0.339 e. The molecule has 0 saturated heterocycles. The fourth-order valence-electron chi connectivity index (χ4n) is 2.80. The largest absolute Gasteiger partial charge is 0.462 e. The molecule has 0 aliphatic rings. The lowest BCUT2D eigenvalue weighted by atomic mass is 10.1. The molecule has 3 aromatic rings. The van der Waals surface area contributed by atoms with Crippen LogP contribution in [-0.4, -0.2) is 41.1 Å². The first kappa shape index (κ1) is 18.1. The molecule has 2 heterocycles. The van der Waals surface area contributed by atoms with Gasteiger partial charge in [-0.05, 0) is 25.8 Å². The smallest absolute Gasteiger partial charge is 0.339 e. The molecule has 0 radical (unpaired) electrons. The van der Waals surface area contributed by atoms with E-state index < -0.39 is 0 Å². The van der Waals surface area contributed by atoms with Gasteiger partial charge in [-0.3, -0.25) is 0 Å². The predicted octanol–water partition coefficient (Wildman–Crippen LogP) is 3.70. The van der Waals surface area contributed by atoms with Gasteiger partial charge in [0.15, 0.2) is 5.65 Å². The van der Waals surface area contributed by atoms with Gasteiger partial charge in [-0.1, -0.05) is 30.3 Å². The second kappa shape index (κ2) is 8.58. The van der Waals surface area contributed by atoms with E-state index in [-0.39, 0.29) is 5.97 Å². The maximum absolute atomic E-state index is 12.7. The lowest BCUT2D eigenvalue weighted by Gasteiger charge is -2.09. The zero-order valence-corrected chi connectivity index (χ0v) is 15.1. The number of carbonyl (C=O) groups is 1. The van der Waals surface area contributed by atoms with Crippen molar-refractivity contribution in [1.29, 1.82) is 0 Å². The van der Waals surface area contributed by atoms with Gasteiger partial charge in [-0.15, -0.1) is 0 Å². The molecule has 2 aromatic heterocycles. The summed E-state index contributed by atoms with van der Waals surface area (Å²) in [6.07, 6.45) is 3.31. The van der Waals surface area contributed by atoms with Crippen LogP contribution in [0.5, 0.6) is 0 Å². The molecular weight excluding hydrogens is 330 g/mol. The quantitative estimate of drug-likeness (QED) is 0.456. The minimum absolute atomic E-state index is 0.345. The molecule has 0 N–H and O–H groups in total. The molecule has 0 fully saturated rings. The van der Waals surface area contributed by atoms with Crippen molar-refractivity contribution < 1.29 is 14.3 Å². The zero-order valence-electron chi connectivity index (χ0n) is 15.1. The van der Waals surface area contributed by atoms with Crippen LogP contribution in [0.1, 0.15) is 30.1 Å². The third-order valence-corrected chi connectivity index (χ3v) is 4.17. The van der Waals surface area contributed by atoms with Gasteiger partial charge in [0.25, 0.3) is 0 Å². The van der Waals surface area contributed by atoms with E-state index in [0.29, 0.717) is 36.4 Å². The van der Waals surface area contributed by atoms with Gasteiger partial charge in [-0.2, -0.15) is 5.10 Å². The SMILES string of the molecule is CCn1ncc2c(C(=O)OCCCCOC)cc(-c3ccccc3)nc21. The minimum atomic E-state index is -0.345. The number of esters is 1. The van der Waals surface area contributed by atoms with Gasteiger partial charge in [0.05, 0.1) is 29.4 Å². The Morgan fingerprint density at radius 1 is 1.15 bits per heavy atom. The summed E-state index contributed by atoms with van der Waals surface area (Å²) in [6.45, 7) is 3.71. The Morgan fingerprint density at radius 3 is 2.65 bits per heavy atom. The number of unbranched alkanes of at least 4 members (excludes halogenated alkanes) is 1. The summed E-state index contributed by atoms with van der Waals surface area (Å²) in [6, 6.07) is 11.6. The molecule has 136 valence electrons. The third-order valence-electron chi connectivity index (χ3n) is 4.17. The number of aryl methyl sites for hydroxylation is 1. The van der Waals surface area contributed by atoms with E-state index in [1.165, 1.54) is 0 Å². The van der Waals surface area contributed by atoms with Crippen LogP contribution in [0.25, 0.3) is 22.3 Å². The molecule has 0 unspecified atom stereocenters. The summed E-state index contributed by atoms with van der Waals surface area (Å²) in [4.78, 5) is 17.4. The predicted molar refractivity (Wildman–Crippen MR) is 100 cm³/mol. The Balaban J connectivity index is 1.92. The van der Waals surface area contributed by atoms with E-state index in [1.54, 1.807) is 24.1 Å².